The van der Waals surface area contributed by atoms with Gasteiger partial charge in [0.15, 0.2) is 5.58 Å². The topological polar surface area (TPSA) is 45.4 Å². The van der Waals surface area contributed by atoms with Gasteiger partial charge in [-0.05, 0) is 52.8 Å². The molecule has 0 saturated heterocycles. The molecule has 0 amide bonds. The number of para-hydroxylation sites is 1. The molecule has 0 aliphatic rings. The zero-order valence-corrected chi connectivity index (χ0v) is 13.2. The van der Waals surface area contributed by atoms with Crippen LogP contribution in [0.15, 0.2) is 28.7 Å². The van der Waals surface area contributed by atoms with E-state index < -0.39 is 5.60 Å². The maximum Gasteiger partial charge on any atom is 0.153 e. The molecule has 110 valence electrons. The van der Waals surface area contributed by atoms with Gasteiger partial charge in [-0.25, -0.2) is 0 Å². The standard InChI is InChI=1S/C16H22ClNO2/c1-15(2,3)18-9-8-16(4,19)13-10-11-6-5-7-12(17)14(11)20-13/h5-7,10,18-19H,8-9H2,1-4H3. The Balaban J connectivity index is 2.17. The van der Waals surface area contributed by atoms with Crippen molar-refractivity contribution in [3.8, 4) is 0 Å². The predicted octanol–water partition coefficient (Wildman–Crippen LogP) is 4.07. The fraction of sp³-hybridized carbons (Fsp3) is 0.500. The molecule has 1 aromatic carbocycles. The molecule has 0 saturated carbocycles. The maximum absolute atomic E-state index is 10.6. The second-order valence-electron chi connectivity index (χ2n) is 6.47. The molecule has 0 aliphatic carbocycles. The van der Waals surface area contributed by atoms with Gasteiger partial charge in [0.25, 0.3) is 0 Å². The Morgan fingerprint density at radius 3 is 2.55 bits per heavy atom. The molecule has 1 aromatic heterocycles. The lowest BCUT2D eigenvalue weighted by molar-refractivity contribution is 0.0258. The summed E-state index contributed by atoms with van der Waals surface area (Å²) in [5.74, 6) is 0.552. The lowest BCUT2D eigenvalue weighted by Gasteiger charge is -2.25. The van der Waals surface area contributed by atoms with Gasteiger partial charge < -0.3 is 14.8 Å². The van der Waals surface area contributed by atoms with Crippen molar-refractivity contribution in [2.45, 2.75) is 45.3 Å². The van der Waals surface area contributed by atoms with E-state index in [4.69, 9.17) is 16.0 Å². The number of nitrogens with one attached hydrogen (secondary N) is 1. The molecule has 4 heteroatoms. The van der Waals surface area contributed by atoms with Crippen LogP contribution in [0.2, 0.25) is 5.02 Å². The molecule has 2 aromatic rings. The molecule has 1 heterocycles. The summed E-state index contributed by atoms with van der Waals surface area (Å²) < 4.78 is 5.74. The summed E-state index contributed by atoms with van der Waals surface area (Å²) in [4.78, 5) is 0. The first-order chi connectivity index (χ1) is 9.19. The van der Waals surface area contributed by atoms with Gasteiger partial charge in [-0.15, -0.1) is 0 Å². The van der Waals surface area contributed by atoms with Gasteiger partial charge in [0.05, 0.1) is 5.02 Å². The van der Waals surface area contributed by atoms with Gasteiger partial charge in [-0.2, -0.15) is 0 Å². The Morgan fingerprint density at radius 2 is 1.95 bits per heavy atom. The third kappa shape index (κ3) is 3.54. The summed E-state index contributed by atoms with van der Waals surface area (Å²) >= 11 is 6.10. The average Bonchev–Trinajstić information content (AvgIpc) is 2.73. The van der Waals surface area contributed by atoms with Gasteiger partial charge in [-0.1, -0.05) is 23.7 Å². The number of benzene rings is 1. The molecule has 0 bridgehead atoms. The Kier molecular flexibility index (Phi) is 4.14. The molecule has 0 radical (unpaired) electrons. The molecule has 3 nitrogen and oxygen atoms in total. The fourth-order valence-electron chi connectivity index (χ4n) is 2.10. The van der Waals surface area contributed by atoms with Gasteiger partial charge >= 0.3 is 0 Å². The number of halogens is 1. The van der Waals surface area contributed by atoms with Crippen LogP contribution in [0.4, 0.5) is 0 Å². The van der Waals surface area contributed by atoms with Crippen LogP contribution in [-0.2, 0) is 5.60 Å². The Labute approximate surface area is 124 Å². The lowest BCUT2D eigenvalue weighted by atomic mass is 9.98. The van der Waals surface area contributed by atoms with E-state index >= 15 is 0 Å². The summed E-state index contributed by atoms with van der Waals surface area (Å²) in [6, 6.07) is 7.45. The van der Waals surface area contributed by atoms with Crippen LogP contribution in [0, 0.1) is 0 Å². The third-order valence-corrected chi connectivity index (χ3v) is 3.59. The highest BCUT2D eigenvalue weighted by molar-refractivity contribution is 6.34. The highest BCUT2D eigenvalue weighted by atomic mass is 35.5. The van der Waals surface area contributed by atoms with Crippen LogP contribution in [0.3, 0.4) is 0 Å². The van der Waals surface area contributed by atoms with Crippen molar-refractivity contribution in [3.05, 3.63) is 35.0 Å². The molecule has 0 spiro atoms. The third-order valence-electron chi connectivity index (χ3n) is 3.29. The van der Waals surface area contributed by atoms with Gasteiger partial charge in [0.1, 0.15) is 11.4 Å². The van der Waals surface area contributed by atoms with Crippen molar-refractivity contribution in [1.29, 1.82) is 0 Å². The Bertz CT molecular complexity index is 596. The zero-order valence-electron chi connectivity index (χ0n) is 12.5. The van der Waals surface area contributed by atoms with Gasteiger partial charge in [0, 0.05) is 10.9 Å². The quantitative estimate of drug-likeness (QED) is 0.893. The van der Waals surface area contributed by atoms with Crippen molar-refractivity contribution in [1.82, 2.24) is 5.32 Å². The second-order valence-corrected chi connectivity index (χ2v) is 6.88. The van der Waals surface area contributed by atoms with Crippen LogP contribution in [0.1, 0.15) is 39.9 Å². The van der Waals surface area contributed by atoms with Crippen LogP contribution in [0.5, 0.6) is 0 Å². The van der Waals surface area contributed by atoms with Crippen LogP contribution < -0.4 is 5.32 Å². The van der Waals surface area contributed by atoms with Gasteiger partial charge in [0.2, 0.25) is 0 Å². The van der Waals surface area contributed by atoms with Crippen molar-refractivity contribution in [2.24, 2.45) is 0 Å². The normalized spacial score (nSPS) is 15.5. The number of rotatable bonds is 4. The number of furan rings is 1. The van der Waals surface area contributed by atoms with E-state index in [1.807, 2.05) is 18.2 Å². The minimum absolute atomic E-state index is 0.0350. The van der Waals surface area contributed by atoms with Crippen LogP contribution in [0.25, 0.3) is 11.0 Å². The second kappa shape index (κ2) is 5.40. The molecular weight excluding hydrogens is 274 g/mol. The highest BCUT2D eigenvalue weighted by Crippen LogP contribution is 2.33. The maximum atomic E-state index is 10.6. The van der Waals surface area contributed by atoms with Crippen LogP contribution >= 0.6 is 11.6 Å². The number of hydrogen-bond acceptors (Lipinski definition) is 3. The summed E-state index contributed by atoms with van der Waals surface area (Å²) in [5, 5.41) is 15.4. The molecule has 20 heavy (non-hydrogen) atoms. The average molecular weight is 296 g/mol. The first kappa shape index (κ1) is 15.4. The number of aliphatic hydroxyl groups is 1. The molecule has 0 aliphatic heterocycles. The van der Waals surface area contributed by atoms with E-state index in [1.54, 1.807) is 13.0 Å². The van der Waals surface area contributed by atoms with Crippen molar-refractivity contribution < 1.29 is 9.52 Å². The Hall–Kier alpha value is -1.03. The van der Waals surface area contributed by atoms with E-state index in [1.165, 1.54) is 0 Å². The summed E-state index contributed by atoms with van der Waals surface area (Å²) in [5.41, 5.74) is -0.346. The number of hydrogen-bond donors (Lipinski definition) is 2. The molecule has 0 fully saturated rings. The Morgan fingerprint density at radius 1 is 1.25 bits per heavy atom. The summed E-state index contributed by atoms with van der Waals surface area (Å²) in [6.07, 6.45) is 0.571. The van der Waals surface area contributed by atoms with Crippen molar-refractivity contribution >= 4 is 22.6 Å². The molecular formula is C16H22ClNO2. The van der Waals surface area contributed by atoms with E-state index in [0.717, 1.165) is 5.39 Å². The van der Waals surface area contributed by atoms with Crippen molar-refractivity contribution in [3.63, 3.8) is 0 Å². The number of fused-ring (bicyclic) bond motifs is 1. The summed E-state index contributed by atoms with van der Waals surface area (Å²) in [6.45, 7) is 8.78. The molecule has 1 unspecified atom stereocenters. The molecule has 1 atom stereocenters. The predicted molar refractivity (Wildman–Crippen MR) is 83.2 cm³/mol. The molecule has 2 N–H and O–H groups in total. The van der Waals surface area contributed by atoms with Gasteiger partial charge in [-0.3, -0.25) is 0 Å². The zero-order chi connectivity index (χ0) is 15.0. The van der Waals surface area contributed by atoms with E-state index in [-0.39, 0.29) is 5.54 Å². The highest BCUT2D eigenvalue weighted by Gasteiger charge is 2.28. The van der Waals surface area contributed by atoms with E-state index in [2.05, 4.69) is 26.1 Å². The first-order valence-corrected chi connectivity index (χ1v) is 7.23. The lowest BCUT2D eigenvalue weighted by Crippen LogP contribution is -2.39. The minimum atomic E-state index is -1.01. The summed E-state index contributed by atoms with van der Waals surface area (Å²) in [7, 11) is 0. The van der Waals surface area contributed by atoms with Crippen LogP contribution in [-0.4, -0.2) is 17.2 Å². The first-order valence-electron chi connectivity index (χ1n) is 6.85. The fourth-order valence-corrected chi connectivity index (χ4v) is 2.32. The van der Waals surface area contributed by atoms with E-state index in [9.17, 15) is 5.11 Å². The monoisotopic (exact) mass is 295 g/mol. The SMILES string of the molecule is CC(C)(C)NCCC(C)(O)c1cc2cccc(Cl)c2o1. The smallest absolute Gasteiger partial charge is 0.153 e. The molecule has 2 rings (SSSR count). The minimum Gasteiger partial charge on any atom is -0.456 e. The van der Waals surface area contributed by atoms with E-state index in [0.29, 0.717) is 29.3 Å². The largest absolute Gasteiger partial charge is 0.456 e. The van der Waals surface area contributed by atoms with Crippen molar-refractivity contribution in [2.75, 3.05) is 6.54 Å².